The molecule has 4 nitrogen and oxygen atoms in total. The first kappa shape index (κ1) is 15.0. The number of benzene rings is 1. The Hall–Kier alpha value is -1.39. The first-order valence-corrected chi connectivity index (χ1v) is 7.46. The van der Waals surface area contributed by atoms with E-state index in [1.54, 1.807) is 4.90 Å². The minimum Gasteiger partial charge on any atom is -0.395 e. The third-order valence-corrected chi connectivity index (χ3v) is 3.86. The predicted molar refractivity (Wildman–Crippen MR) is 79.5 cm³/mol. The Morgan fingerprint density at radius 1 is 1.40 bits per heavy atom. The lowest BCUT2D eigenvalue weighted by Crippen LogP contribution is -2.43. The highest BCUT2D eigenvalue weighted by Gasteiger charge is 2.29. The van der Waals surface area contributed by atoms with E-state index in [1.807, 2.05) is 12.1 Å². The first-order valence-electron chi connectivity index (χ1n) is 7.46. The van der Waals surface area contributed by atoms with Crippen molar-refractivity contribution in [3.8, 4) is 0 Å². The van der Waals surface area contributed by atoms with Crippen molar-refractivity contribution in [1.29, 1.82) is 0 Å². The van der Waals surface area contributed by atoms with Crippen LogP contribution < -0.4 is 5.32 Å². The number of carbonyl (C=O) groups is 1. The zero-order valence-electron chi connectivity index (χ0n) is 12.1. The molecule has 0 bridgehead atoms. The second-order valence-corrected chi connectivity index (χ2v) is 5.28. The molecule has 2 rings (SSSR count). The fourth-order valence-electron chi connectivity index (χ4n) is 2.74. The van der Waals surface area contributed by atoms with E-state index in [0.29, 0.717) is 13.1 Å². The quantitative estimate of drug-likeness (QED) is 0.828. The zero-order chi connectivity index (χ0) is 14.4. The van der Waals surface area contributed by atoms with Crippen molar-refractivity contribution in [1.82, 2.24) is 10.2 Å². The molecule has 0 aromatic heterocycles. The Morgan fingerprint density at radius 3 is 2.95 bits per heavy atom. The second-order valence-electron chi connectivity index (χ2n) is 5.28. The Morgan fingerprint density at radius 2 is 2.20 bits per heavy atom. The lowest BCUT2D eigenvalue weighted by molar-refractivity contribution is -0.133. The number of aliphatic hydroxyl groups excluding tert-OH is 1. The molecule has 1 aromatic rings. The Bertz CT molecular complexity index is 448. The largest absolute Gasteiger partial charge is 0.395 e. The van der Waals surface area contributed by atoms with Gasteiger partial charge in [0.15, 0.2) is 0 Å². The molecule has 1 amide bonds. The van der Waals surface area contributed by atoms with Crippen molar-refractivity contribution in [2.24, 2.45) is 0 Å². The molecule has 4 heteroatoms. The molecule has 1 aromatic carbocycles. The number of aliphatic hydroxyl groups is 1. The molecule has 1 atom stereocenters. The van der Waals surface area contributed by atoms with Crippen LogP contribution in [0.15, 0.2) is 24.3 Å². The molecular formula is C16H24N2O2. The highest BCUT2D eigenvalue weighted by Crippen LogP contribution is 2.25. The highest BCUT2D eigenvalue weighted by molar-refractivity contribution is 5.84. The van der Waals surface area contributed by atoms with Gasteiger partial charge in [0.2, 0.25) is 5.91 Å². The van der Waals surface area contributed by atoms with E-state index in [9.17, 15) is 4.79 Å². The maximum absolute atomic E-state index is 12.7. The van der Waals surface area contributed by atoms with Gasteiger partial charge in [0, 0.05) is 26.2 Å². The molecule has 0 aliphatic carbocycles. The van der Waals surface area contributed by atoms with Gasteiger partial charge in [0.05, 0.1) is 12.5 Å². The van der Waals surface area contributed by atoms with E-state index in [0.717, 1.165) is 31.5 Å². The van der Waals surface area contributed by atoms with Gasteiger partial charge in [0.25, 0.3) is 0 Å². The van der Waals surface area contributed by atoms with Crippen molar-refractivity contribution in [3.05, 3.63) is 35.4 Å². The molecule has 0 saturated carbocycles. The summed E-state index contributed by atoms with van der Waals surface area (Å²) >= 11 is 0. The SMILES string of the molecule is CCCCN(CCO)C(=O)C1CNCc2ccccc21. The van der Waals surface area contributed by atoms with Gasteiger partial charge in [-0.25, -0.2) is 0 Å². The summed E-state index contributed by atoms with van der Waals surface area (Å²) in [6, 6.07) is 8.13. The van der Waals surface area contributed by atoms with Gasteiger partial charge in [-0.3, -0.25) is 4.79 Å². The van der Waals surface area contributed by atoms with E-state index in [-0.39, 0.29) is 18.4 Å². The molecule has 1 aliphatic rings. The van der Waals surface area contributed by atoms with Crippen LogP contribution in [0.3, 0.4) is 0 Å². The molecule has 1 heterocycles. The molecule has 0 spiro atoms. The van der Waals surface area contributed by atoms with Crippen molar-refractivity contribution >= 4 is 5.91 Å². The molecule has 0 fully saturated rings. The standard InChI is InChI=1S/C16H24N2O2/c1-2-3-8-18(9-10-19)16(20)15-12-17-11-13-6-4-5-7-14(13)15/h4-7,15,17,19H,2-3,8-12H2,1H3. The number of unbranched alkanes of at least 4 members (excludes halogenated alkanes) is 1. The van der Waals surface area contributed by atoms with Crippen LogP contribution in [0, 0.1) is 0 Å². The number of hydrogen-bond donors (Lipinski definition) is 2. The Labute approximate surface area is 120 Å². The molecule has 1 aliphatic heterocycles. The summed E-state index contributed by atoms with van der Waals surface area (Å²) in [6.45, 7) is 4.81. The van der Waals surface area contributed by atoms with Crippen LogP contribution in [0.25, 0.3) is 0 Å². The van der Waals surface area contributed by atoms with E-state index < -0.39 is 0 Å². The summed E-state index contributed by atoms with van der Waals surface area (Å²) in [6.07, 6.45) is 2.03. The summed E-state index contributed by atoms with van der Waals surface area (Å²) in [5.41, 5.74) is 2.34. The van der Waals surface area contributed by atoms with Gasteiger partial charge in [0.1, 0.15) is 0 Å². The van der Waals surface area contributed by atoms with Crippen molar-refractivity contribution in [2.45, 2.75) is 32.2 Å². The highest BCUT2D eigenvalue weighted by atomic mass is 16.3. The molecule has 0 radical (unpaired) electrons. The molecular weight excluding hydrogens is 252 g/mol. The van der Waals surface area contributed by atoms with E-state index in [2.05, 4.69) is 24.4 Å². The van der Waals surface area contributed by atoms with Gasteiger partial charge in [-0.05, 0) is 17.5 Å². The van der Waals surface area contributed by atoms with E-state index in [1.165, 1.54) is 5.56 Å². The van der Waals surface area contributed by atoms with Crippen LogP contribution in [0.2, 0.25) is 0 Å². The number of fused-ring (bicyclic) bond motifs is 1. The fourth-order valence-corrected chi connectivity index (χ4v) is 2.74. The minimum absolute atomic E-state index is 0.0250. The van der Waals surface area contributed by atoms with Crippen LogP contribution >= 0.6 is 0 Å². The average molecular weight is 276 g/mol. The van der Waals surface area contributed by atoms with Gasteiger partial charge < -0.3 is 15.3 Å². The molecule has 0 saturated heterocycles. The maximum Gasteiger partial charge on any atom is 0.231 e. The van der Waals surface area contributed by atoms with Crippen LogP contribution in [0.4, 0.5) is 0 Å². The van der Waals surface area contributed by atoms with Crippen molar-refractivity contribution in [3.63, 3.8) is 0 Å². The molecule has 1 unspecified atom stereocenters. The normalized spacial score (nSPS) is 17.6. The Balaban J connectivity index is 2.15. The number of carbonyl (C=O) groups excluding carboxylic acids is 1. The number of rotatable bonds is 6. The predicted octanol–water partition coefficient (Wildman–Crippen LogP) is 1.49. The van der Waals surface area contributed by atoms with Crippen LogP contribution in [0.1, 0.15) is 36.8 Å². The van der Waals surface area contributed by atoms with Crippen molar-refractivity contribution < 1.29 is 9.90 Å². The third-order valence-electron chi connectivity index (χ3n) is 3.86. The van der Waals surface area contributed by atoms with Gasteiger partial charge >= 0.3 is 0 Å². The second kappa shape index (κ2) is 7.41. The number of amides is 1. The smallest absolute Gasteiger partial charge is 0.231 e. The summed E-state index contributed by atoms with van der Waals surface area (Å²) < 4.78 is 0. The number of hydrogen-bond acceptors (Lipinski definition) is 3. The van der Waals surface area contributed by atoms with Crippen molar-refractivity contribution in [2.75, 3.05) is 26.2 Å². The van der Waals surface area contributed by atoms with E-state index >= 15 is 0 Å². The van der Waals surface area contributed by atoms with Gasteiger partial charge in [-0.1, -0.05) is 37.6 Å². The van der Waals surface area contributed by atoms with E-state index in [4.69, 9.17) is 5.11 Å². The lowest BCUT2D eigenvalue weighted by Gasteiger charge is -2.31. The Kier molecular flexibility index (Phi) is 5.56. The number of nitrogens with zero attached hydrogens (tertiary/aromatic N) is 1. The summed E-state index contributed by atoms with van der Waals surface area (Å²) in [5.74, 6) is 0.00973. The molecule has 2 N–H and O–H groups in total. The van der Waals surface area contributed by atoms with Crippen LogP contribution in [-0.4, -0.2) is 42.2 Å². The lowest BCUT2D eigenvalue weighted by atomic mass is 9.89. The zero-order valence-corrected chi connectivity index (χ0v) is 12.1. The topological polar surface area (TPSA) is 52.6 Å². The third kappa shape index (κ3) is 3.38. The fraction of sp³-hybridized carbons (Fsp3) is 0.562. The monoisotopic (exact) mass is 276 g/mol. The summed E-state index contributed by atoms with van der Waals surface area (Å²) in [5, 5.41) is 12.5. The van der Waals surface area contributed by atoms with Crippen LogP contribution in [0.5, 0.6) is 0 Å². The average Bonchev–Trinajstić information content (AvgIpc) is 2.50. The van der Waals surface area contributed by atoms with Gasteiger partial charge in [-0.2, -0.15) is 0 Å². The summed E-state index contributed by atoms with van der Waals surface area (Å²) in [7, 11) is 0. The first-order chi connectivity index (χ1) is 9.77. The maximum atomic E-state index is 12.7. The van der Waals surface area contributed by atoms with Gasteiger partial charge in [-0.15, -0.1) is 0 Å². The van der Waals surface area contributed by atoms with Crippen LogP contribution in [-0.2, 0) is 11.3 Å². The molecule has 20 heavy (non-hydrogen) atoms. The molecule has 110 valence electrons. The minimum atomic E-state index is -0.122. The summed E-state index contributed by atoms with van der Waals surface area (Å²) in [4.78, 5) is 14.5. The number of nitrogens with one attached hydrogen (secondary N) is 1.